The molecule has 1 aliphatic heterocycles. The molecule has 1 heterocycles. The maximum absolute atomic E-state index is 11.4. The molecule has 22 heavy (non-hydrogen) atoms. The monoisotopic (exact) mass is 303 g/mol. The number of hydrogen-bond donors (Lipinski definition) is 1. The second-order valence-electron chi connectivity index (χ2n) is 5.02. The summed E-state index contributed by atoms with van der Waals surface area (Å²) >= 11 is 0. The fourth-order valence-electron chi connectivity index (χ4n) is 2.23. The SMILES string of the molecule is N#CCC(=O)NCc1ccccc1OCCN1CCOCC1. The van der Waals surface area contributed by atoms with Gasteiger partial charge >= 0.3 is 0 Å². The summed E-state index contributed by atoms with van der Waals surface area (Å²) in [6.07, 6.45) is -0.125. The van der Waals surface area contributed by atoms with Crippen LogP contribution in [0.2, 0.25) is 0 Å². The van der Waals surface area contributed by atoms with Crippen molar-refractivity contribution in [2.24, 2.45) is 0 Å². The first-order chi connectivity index (χ1) is 10.8. The quantitative estimate of drug-likeness (QED) is 0.811. The molecule has 0 saturated carbocycles. The number of para-hydroxylation sites is 1. The number of hydrogen-bond acceptors (Lipinski definition) is 5. The van der Waals surface area contributed by atoms with Crippen LogP contribution in [0.25, 0.3) is 0 Å². The lowest BCUT2D eigenvalue weighted by molar-refractivity contribution is -0.120. The maximum atomic E-state index is 11.4. The Balaban J connectivity index is 1.80. The van der Waals surface area contributed by atoms with Gasteiger partial charge < -0.3 is 14.8 Å². The molecule has 1 saturated heterocycles. The largest absolute Gasteiger partial charge is 0.492 e. The normalized spacial score (nSPS) is 15.0. The zero-order valence-electron chi connectivity index (χ0n) is 12.6. The van der Waals surface area contributed by atoms with Crippen LogP contribution in [0, 0.1) is 11.3 Å². The van der Waals surface area contributed by atoms with Crippen molar-refractivity contribution in [3.8, 4) is 11.8 Å². The molecule has 0 bridgehead atoms. The molecular formula is C16H21N3O3. The highest BCUT2D eigenvalue weighted by Crippen LogP contribution is 2.17. The highest BCUT2D eigenvalue weighted by Gasteiger charge is 2.10. The van der Waals surface area contributed by atoms with Crippen LogP contribution < -0.4 is 10.1 Å². The third kappa shape index (κ3) is 5.35. The number of nitriles is 1. The Hall–Kier alpha value is -2.10. The van der Waals surface area contributed by atoms with Crippen molar-refractivity contribution in [2.75, 3.05) is 39.5 Å². The average Bonchev–Trinajstić information content (AvgIpc) is 2.55. The molecule has 1 fully saturated rings. The Kier molecular flexibility index (Phi) is 6.68. The number of carbonyl (C=O) groups is 1. The number of nitrogens with one attached hydrogen (secondary N) is 1. The molecule has 2 rings (SSSR count). The first kappa shape index (κ1) is 16.3. The molecular weight excluding hydrogens is 282 g/mol. The van der Waals surface area contributed by atoms with Crippen molar-refractivity contribution >= 4 is 5.91 Å². The molecule has 1 aliphatic rings. The summed E-state index contributed by atoms with van der Waals surface area (Å²) in [5.74, 6) is 0.499. The van der Waals surface area contributed by atoms with E-state index in [2.05, 4.69) is 10.2 Å². The maximum Gasteiger partial charge on any atom is 0.234 e. The van der Waals surface area contributed by atoms with E-state index < -0.39 is 0 Å². The summed E-state index contributed by atoms with van der Waals surface area (Å²) < 4.78 is 11.1. The number of benzene rings is 1. The zero-order valence-corrected chi connectivity index (χ0v) is 12.6. The molecule has 118 valence electrons. The van der Waals surface area contributed by atoms with Crippen LogP contribution in [0.5, 0.6) is 5.75 Å². The highest BCUT2D eigenvalue weighted by molar-refractivity contribution is 5.78. The van der Waals surface area contributed by atoms with E-state index in [0.29, 0.717) is 13.2 Å². The van der Waals surface area contributed by atoms with Crippen molar-refractivity contribution in [2.45, 2.75) is 13.0 Å². The first-order valence-electron chi connectivity index (χ1n) is 7.44. The molecule has 0 radical (unpaired) electrons. The van der Waals surface area contributed by atoms with Gasteiger partial charge in [0.15, 0.2) is 0 Å². The third-order valence-electron chi connectivity index (χ3n) is 3.46. The average molecular weight is 303 g/mol. The number of amides is 1. The van der Waals surface area contributed by atoms with Gasteiger partial charge in [0.25, 0.3) is 0 Å². The minimum absolute atomic E-state index is 0.125. The summed E-state index contributed by atoms with van der Waals surface area (Å²) in [4.78, 5) is 13.7. The van der Waals surface area contributed by atoms with E-state index in [-0.39, 0.29) is 12.3 Å². The predicted octanol–water partition coefficient (Wildman–Crippen LogP) is 0.927. The molecule has 1 amide bonds. The Bertz CT molecular complexity index is 522. The molecule has 6 heteroatoms. The zero-order chi connectivity index (χ0) is 15.6. The number of rotatable bonds is 7. The Morgan fingerprint density at radius 1 is 1.36 bits per heavy atom. The molecule has 0 atom stereocenters. The Labute approximate surface area is 130 Å². The lowest BCUT2D eigenvalue weighted by atomic mass is 10.2. The molecule has 1 aromatic rings. The number of ether oxygens (including phenoxy) is 2. The molecule has 0 aliphatic carbocycles. The Morgan fingerprint density at radius 2 is 2.14 bits per heavy atom. The van der Waals surface area contributed by atoms with E-state index in [0.717, 1.165) is 44.2 Å². The molecule has 0 spiro atoms. The second-order valence-corrected chi connectivity index (χ2v) is 5.02. The summed E-state index contributed by atoms with van der Waals surface area (Å²) in [6, 6.07) is 9.45. The summed E-state index contributed by atoms with van der Waals surface area (Å²) in [6.45, 7) is 5.27. The van der Waals surface area contributed by atoms with Crippen LogP contribution >= 0.6 is 0 Å². The minimum Gasteiger partial charge on any atom is -0.492 e. The van der Waals surface area contributed by atoms with Gasteiger partial charge in [-0.2, -0.15) is 5.26 Å². The molecule has 6 nitrogen and oxygen atoms in total. The van der Waals surface area contributed by atoms with Gasteiger partial charge in [-0.15, -0.1) is 0 Å². The first-order valence-corrected chi connectivity index (χ1v) is 7.44. The van der Waals surface area contributed by atoms with Gasteiger partial charge in [-0.25, -0.2) is 0 Å². The Morgan fingerprint density at radius 3 is 2.91 bits per heavy atom. The molecule has 1 N–H and O–H groups in total. The van der Waals surface area contributed by atoms with Gasteiger partial charge in [-0.3, -0.25) is 9.69 Å². The van der Waals surface area contributed by atoms with E-state index >= 15 is 0 Å². The van der Waals surface area contributed by atoms with Gasteiger partial charge in [0, 0.05) is 31.7 Å². The molecule has 0 aromatic heterocycles. The van der Waals surface area contributed by atoms with Gasteiger partial charge in [-0.05, 0) is 6.07 Å². The van der Waals surface area contributed by atoms with Gasteiger partial charge in [0.2, 0.25) is 5.91 Å². The lowest BCUT2D eigenvalue weighted by Gasteiger charge is -2.26. The van der Waals surface area contributed by atoms with Crippen molar-refractivity contribution in [1.82, 2.24) is 10.2 Å². The van der Waals surface area contributed by atoms with E-state index in [1.807, 2.05) is 30.3 Å². The lowest BCUT2D eigenvalue weighted by Crippen LogP contribution is -2.38. The third-order valence-corrected chi connectivity index (χ3v) is 3.46. The van der Waals surface area contributed by atoms with E-state index in [9.17, 15) is 4.79 Å². The fourth-order valence-corrected chi connectivity index (χ4v) is 2.23. The van der Waals surface area contributed by atoms with Gasteiger partial charge in [-0.1, -0.05) is 18.2 Å². The van der Waals surface area contributed by atoms with Gasteiger partial charge in [0.05, 0.1) is 19.3 Å². The predicted molar refractivity (Wildman–Crippen MR) is 81.3 cm³/mol. The summed E-state index contributed by atoms with van der Waals surface area (Å²) in [7, 11) is 0. The van der Waals surface area contributed by atoms with Gasteiger partial charge in [0.1, 0.15) is 18.8 Å². The van der Waals surface area contributed by atoms with Crippen molar-refractivity contribution in [3.63, 3.8) is 0 Å². The van der Waals surface area contributed by atoms with Crippen LogP contribution in [0.3, 0.4) is 0 Å². The summed E-state index contributed by atoms with van der Waals surface area (Å²) in [5.41, 5.74) is 0.913. The van der Waals surface area contributed by atoms with E-state index in [4.69, 9.17) is 14.7 Å². The highest BCUT2D eigenvalue weighted by atomic mass is 16.5. The minimum atomic E-state index is -0.273. The standard InChI is InChI=1S/C16H21N3O3/c17-6-5-16(20)18-13-14-3-1-2-4-15(14)22-12-9-19-7-10-21-11-8-19/h1-4H,5,7-13H2,(H,18,20). The van der Waals surface area contributed by atoms with E-state index in [1.165, 1.54) is 0 Å². The van der Waals surface area contributed by atoms with Crippen LogP contribution in [0.4, 0.5) is 0 Å². The fraction of sp³-hybridized carbons (Fsp3) is 0.500. The van der Waals surface area contributed by atoms with Crippen LogP contribution in [0.1, 0.15) is 12.0 Å². The summed E-state index contributed by atoms with van der Waals surface area (Å²) in [5, 5.41) is 11.2. The van der Waals surface area contributed by atoms with E-state index in [1.54, 1.807) is 0 Å². The molecule has 0 unspecified atom stereocenters. The number of nitrogens with zero attached hydrogens (tertiary/aromatic N) is 2. The smallest absolute Gasteiger partial charge is 0.234 e. The molecule has 1 aromatic carbocycles. The second kappa shape index (κ2) is 9.03. The number of carbonyl (C=O) groups excluding carboxylic acids is 1. The van der Waals surface area contributed by atoms with Crippen molar-refractivity contribution in [3.05, 3.63) is 29.8 Å². The van der Waals surface area contributed by atoms with Crippen molar-refractivity contribution < 1.29 is 14.3 Å². The van der Waals surface area contributed by atoms with Crippen LogP contribution in [0.15, 0.2) is 24.3 Å². The van der Waals surface area contributed by atoms with Crippen molar-refractivity contribution in [1.29, 1.82) is 5.26 Å². The number of morpholine rings is 1. The van der Waals surface area contributed by atoms with Crippen LogP contribution in [-0.2, 0) is 16.1 Å². The van der Waals surface area contributed by atoms with Crippen LogP contribution in [-0.4, -0.2) is 50.3 Å². The topological polar surface area (TPSA) is 74.6 Å².